The number of hydrogen-bond donors (Lipinski definition) is 0. The van der Waals surface area contributed by atoms with Crippen molar-refractivity contribution >= 4 is 21.7 Å². The fourth-order valence-corrected chi connectivity index (χ4v) is 2.26. The van der Waals surface area contributed by atoms with Crippen LogP contribution in [0.15, 0.2) is 16.6 Å². The number of hydrogen-bond acceptors (Lipinski definition) is 2. The number of rotatable bonds is 2. The molecule has 2 rings (SSSR count). The van der Waals surface area contributed by atoms with E-state index in [9.17, 15) is 13.6 Å². The van der Waals surface area contributed by atoms with E-state index in [0.717, 1.165) is 12.5 Å². The number of carbonyl (C=O) groups excluding carboxylic acids is 1. The molecule has 17 heavy (non-hydrogen) atoms. The Balaban J connectivity index is 2.40. The van der Waals surface area contributed by atoms with Crippen LogP contribution in [0.5, 0.6) is 0 Å². The average molecular weight is 305 g/mol. The Morgan fingerprint density at radius 1 is 1.47 bits per heavy atom. The van der Waals surface area contributed by atoms with E-state index in [4.69, 9.17) is 4.74 Å². The summed E-state index contributed by atoms with van der Waals surface area (Å²) in [5.41, 5.74) is -0.516. The third kappa shape index (κ3) is 2.26. The molecule has 0 radical (unpaired) electrons. The first kappa shape index (κ1) is 12.6. The van der Waals surface area contributed by atoms with E-state index in [0.29, 0.717) is 6.61 Å². The molecule has 0 amide bonds. The quantitative estimate of drug-likeness (QED) is 0.619. The Bertz CT molecular complexity index is 462. The Hall–Kier alpha value is -0.810. The number of ether oxygens (including phenoxy) is 1. The topological polar surface area (TPSA) is 26.3 Å². The summed E-state index contributed by atoms with van der Waals surface area (Å²) < 4.78 is 32.6. The summed E-state index contributed by atoms with van der Waals surface area (Å²) in [5.74, 6) is -2.34. The Morgan fingerprint density at radius 2 is 2.18 bits per heavy atom. The molecule has 2 nitrogen and oxygen atoms in total. The third-order valence-electron chi connectivity index (χ3n) is 2.94. The SMILES string of the molecule is CC1CCOC1C(=O)c1c(F)ccc(Br)c1F. The molecule has 0 bridgehead atoms. The molecule has 0 saturated carbocycles. The van der Waals surface area contributed by atoms with Crippen molar-refractivity contribution in [3.8, 4) is 0 Å². The lowest BCUT2D eigenvalue weighted by atomic mass is 9.95. The Morgan fingerprint density at radius 3 is 2.76 bits per heavy atom. The summed E-state index contributed by atoms with van der Waals surface area (Å²) in [6.07, 6.45) is -0.0125. The average Bonchev–Trinajstić information content (AvgIpc) is 2.70. The lowest BCUT2D eigenvalue weighted by Gasteiger charge is -2.14. The Labute approximate surface area is 106 Å². The smallest absolute Gasteiger partial charge is 0.197 e. The second kappa shape index (κ2) is 4.82. The zero-order valence-electron chi connectivity index (χ0n) is 9.17. The lowest BCUT2D eigenvalue weighted by Crippen LogP contribution is -2.27. The van der Waals surface area contributed by atoms with Crippen molar-refractivity contribution in [2.24, 2.45) is 5.92 Å². The van der Waals surface area contributed by atoms with Crippen LogP contribution in [0.3, 0.4) is 0 Å². The predicted molar refractivity (Wildman–Crippen MR) is 61.9 cm³/mol. The summed E-state index contributed by atoms with van der Waals surface area (Å²) in [4.78, 5) is 12.0. The molecule has 2 atom stereocenters. The van der Waals surface area contributed by atoms with Gasteiger partial charge in [-0.25, -0.2) is 8.78 Å². The van der Waals surface area contributed by atoms with Crippen LogP contribution in [0, 0.1) is 17.6 Å². The highest BCUT2D eigenvalue weighted by molar-refractivity contribution is 9.10. The third-order valence-corrected chi connectivity index (χ3v) is 3.55. The first-order valence-electron chi connectivity index (χ1n) is 5.31. The van der Waals surface area contributed by atoms with Crippen LogP contribution < -0.4 is 0 Å². The van der Waals surface area contributed by atoms with E-state index in [1.54, 1.807) is 0 Å². The van der Waals surface area contributed by atoms with Gasteiger partial charge in [0.15, 0.2) is 11.6 Å². The second-order valence-electron chi connectivity index (χ2n) is 4.14. The molecule has 0 aromatic heterocycles. The molecule has 1 heterocycles. The van der Waals surface area contributed by atoms with Gasteiger partial charge in [-0.3, -0.25) is 4.79 Å². The van der Waals surface area contributed by atoms with Gasteiger partial charge in [-0.2, -0.15) is 0 Å². The fourth-order valence-electron chi connectivity index (χ4n) is 1.93. The first-order valence-corrected chi connectivity index (χ1v) is 6.11. The number of Topliss-reactive ketones (excluding diaryl/α,β-unsaturated/α-hetero) is 1. The van der Waals surface area contributed by atoms with Gasteiger partial charge >= 0.3 is 0 Å². The molecule has 1 saturated heterocycles. The maximum absolute atomic E-state index is 13.7. The molecular formula is C12H11BrF2O2. The molecular weight excluding hydrogens is 294 g/mol. The monoisotopic (exact) mass is 304 g/mol. The van der Waals surface area contributed by atoms with Crippen molar-refractivity contribution < 1.29 is 18.3 Å². The van der Waals surface area contributed by atoms with Gasteiger partial charge in [-0.05, 0) is 40.4 Å². The van der Waals surface area contributed by atoms with Crippen LogP contribution in [0.2, 0.25) is 0 Å². The van der Waals surface area contributed by atoms with Crippen LogP contribution in [-0.2, 0) is 4.74 Å². The van der Waals surface area contributed by atoms with Crippen LogP contribution in [0.25, 0.3) is 0 Å². The van der Waals surface area contributed by atoms with E-state index < -0.39 is 29.1 Å². The zero-order valence-corrected chi connectivity index (χ0v) is 10.8. The van der Waals surface area contributed by atoms with E-state index in [1.165, 1.54) is 6.07 Å². The summed E-state index contributed by atoms with van der Waals surface area (Å²) in [5, 5.41) is 0. The standard InChI is InChI=1S/C12H11BrF2O2/c1-6-4-5-17-12(6)11(16)9-8(14)3-2-7(13)10(9)15/h2-3,6,12H,4-5H2,1H3. The number of ketones is 1. The molecule has 1 aliphatic heterocycles. The van der Waals surface area contributed by atoms with E-state index in [2.05, 4.69) is 15.9 Å². The highest BCUT2D eigenvalue weighted by atomic mass is 79.9. The normalized spacial score (nSPS) is 24.0. The highest BCUT2D eigenvalue weighted by Gasteiger charge is 2.34. The van der Waals surface area contributed by atoms with Gasteiger partial charge in [0.25, 0.3) is 0 Å². The molecule has 1 aliphatic rings. The molecule has 2 unspecified atom stereocenters. The lowest BCUT2D eigenvalue weighted by molar-refractivity contribution is 0.0570. The molecule has 0 aliphatic carbocycles. The van der Waals surface area contributed by atoms with Crippen molar-refractivity contribution in [1.29, 1.82) is 0 Å². The van der Waals surface area contributed by atoms with Crippen LogP contribution in [0.4, 0.5) is 8.78 Å². The van der Waals surface area contributed by atoms with Gasteiger partial charge in [0, 0.05) is 6.61 Å². The van der Waals surface area contributed by atoms with E-state index >= 15 is 0 Å². The first-order chi connectivity index (χ1) is 8.02. The van der Waals surface area contributed by atoms with Crippen molar-refractivity contribution in [1.82, 2.24) is 0 Å². The van der Waals surface area contributed by atoms with Gasteiger partial charge in [0.1, 0.15) is 11.9 Å². The fraction of sp³-hybridized carbons (Fsp3) is 0.417. The summed E-state index contributed by atoms with van der Waals surface area (Å²) in [7, 11) is 0. The van der Waals surface area contributed by atoms with Crippen molar-refractivity contribution in [2.45, 2.75) is 19.4 Å². The van der Waals surface area contributed by atoms with Crippen molar-refractivity contribution in [2.75, 3.05) is 6.61 Å². The van der Waals surface area contributed by atoms with Crippen molar-refractivity contribution in [3.05, 3.63) is 33.8 Å². The molecule has 1 aromatic rings. The van der Waals surface area contributed by atoms with Gasteiger partial charge in [-0.1, -0.05) is 6.92 Å². The number of halogens is 3. The van der Waals surface area contributed by atoms with Gasteiger partial charge in [-0.15, -0.1) is 0 Å². The molecule has 0 spiro atoms. The maximum atomic E-state index is 13.7. The summed E-state index contributed by atoms with van der Waals surface area (Å²) in [6.45, 7) is 2.29. The molecule has 1 fully saturated rings. The molecule has 92 valence electrons. The molecule has 1 aromatic carbocycles. The van der Waals surface area contributed by atoms with Crippen LogP contribution >= 0.6 is 15.9 Å². The highest BCUT2D eigenvalue weighted by Crippen LogP contribution is 2.28. The minimum Gasteiger partial charge on any atom is -0.370 e. The molecule has 5 heteroatoms. The minimum atomic E-state index is -0.863. The largest absolute Gasteiger partial charge is 0.370 e. The maximum Gasteiger partial charge on any atom is 0.197 e. The zero-order chi connectivity index (χ0) is 12.6. The Kier molecular flexibility index (Phi) is 3.58. The van der Waals surface area contributed by atoms with Crippen LogP contribution in [-0.4, -0.2) is 18.5 Å². The van der Waals surface area contributed by atoms with Gasteiger partial charge < -0.3 is 4.74 Å². The van der Waals surface area contributed by atoms with Gasteiger partial charge in [0.2, 0.25) is 0 Å². The molecule has 0 N–H and O–H groups in total. The van der Waals surface area contributed by atoms with E-state index in [1.807, 2.05) is 6.92 Å². The van der Waals surface area contributed by atoms with Crippen molar-refractivity contribution in [3.63, 3.8) is 0 Å². The van der Waals surface area contributed by atoms with Crippen LogP contribution in [0.1, 0.15) is 23.7 Å². The summed E-state index contributed by atoms with van der Waals surface area (Å²) in [6, 6.07) is 2.31. The van der Waals surface area contributed by atoms with Gasteiger partial charge in [0.05, 0.1) is 10.0 Å². The van der Waals surface area contributed by atoms with E-state index in [-0.39, 0.29) is 10.4 Å². The predicted octanol–water partition coefficient (Wildman–Crippen LogP) is 3.34. The summed E-state index contributed by atoms with van der Waals surface area (Å²) >= 11 is 2.94. The minimum absolute atomic E-state index is 0.0136. The number of carbonyl (C=O) groups is 1. The second-order valence-corrected chi connectivity index (χ2v) is 4.99. The number of benzene rings is 1.